The number of phosphoric ester groups is 1. The van der Waals surface area contributed by atoms with Crippen LogP contribution in [0.3, 0.4) is 0 Å². The number of aliphatic hydroxyl groups excluding tert-OH is 1. The maximum Gasteiger partial charge on any atom is 0.470 e. The first-order valence-electron chi connectivity index (χ1n) is 40.0. The van der Waals surface area contributed by atoms with Gasteiger partial charge in [-0.25, -0.2) is 4.57 Å². The number of esters is 4. The summed E-state index contributed by atoms with van der Waals surface area (Å²) in [5.74, 6) is -7.16. The van der Waals surface area contributed by atoms with Crippen LogP contribution in [0.15, 0.2) is 0 Å². The molecule has 2 amide bonds. The lowest BCUT2D eigenvalue weighted by atomic mass is 9.92. The summed E-state index contributed by atoms with van der Waals surface area (Å²) in [6, 6.07) is -2.92. The van der Waals surface area contributed by atoms with Gasteiger partial charge in [0.05, 0.1) is 32.5 Å². The van der Waals surface area contributed by atoms with E-state index in [1.54, 1.807) is 6.92 Å². The van der Waals surface area contributed by atoms with Crippen molar-refractivity contribution in [3.8, 4) is 0 Å². The van der Waals surface area contributed by atoms with Gasteiger partial charge in [0.2, 0.25) is 11.8 Å². The molecule has 0 aromatic rings. The van der Waals surface area contributed by atoms with Crippen molar-refractivity contribution < 1.29 is 86.3 Å². The third kappa shape index (κ3) is 49.4. The Bertz CT molecular complexity index is 2050. The monoisotopic (exact) mass is 1420 g/mol. The minimum Gasteiger partial charge on any atom is -0.462 e. The van der Waals surface area contributed by atoms with Crippen molar-refractivity contribution in [2.45, 2.75) is 443 Å². The Morgan fingerprint density at radius 2 is 0.745 bits per heavy atom. The van der Waals surface area contributed by atoms with Crippen molar-refractivity contribution >= 4 is 43.5 Å². The molecule has 0 aliphatic carbocycles. The van der Waals surface area contributed by atoms with Crippen LogP contribution in [0, 0.1) is 0 Å². The highest BCUT2D eigenvalue weighted by Gasteiger charge is 2.62. The van der Waals surface area contributed by atoms with Gasteiger partial charge in [-0.2, -0.15) is 0 Å². The number of carbonyl (C=O) groups is 6. The van der Waals surface area contributed by atoms with Crippen molar-refractivity contribution in [3.63, 3.8) is 0 Å². The molecule has 9 atom stereocenters. The van der Waals surface area contributed by atoms with Crippen LogP contribution >= 0.6 is 7.82 Å². The van der Waals surface area contributed by atoms with Crippen LogP contribution in [-0.4, -0.2) is 124 Å². The molecule has 0 unspecified atom stereocenters. The molecule has 1 heterocycles. The van der Waals surface area contributed by atoms with Gasteiger partial charge < -0.3 is 59.1 Å². The van der Waals surface area contributed by atoms with Crippen LogP contribution in [0.1, 0.15) is 389 Å². The molecule has 6 N–H and O–H groups in total. The second-order valence-electron chi connectivity index (χ2n) is 28.3. The summed E-state index contributed by atoms with van der Waals surface area (Å²) in [5.41, 5.74) is 0. The van der Waals surface area contributed by atoms with E-state index < -0.39 is 118 Å². The Morgan fingerprint density at radius 3 is 1.09 bits per heavy atom. The van der Waals surface area contributed by atoms with Crippen LogP contribution in [-0.2, 0) is 66.3 Å². The molecule has 576 valence electrons. The summed E-state index contributed by atoms with van der Waals surface area (Å²) in [4.78, 5) is 104. The van der Waals surface area contributed by atoms with Crippen molar-refractivity contribution in [2.24, 2.45) is 0 Å². The van der Waals surface area contributed by atoms with E-state index in [0.29, 0.717) is 44.9 Å². The van der Waals surface area contributed by atoms with E-state index in [1.807, 2.05) is 6.92 Å². The standard InChI is InChI=1S/C77H145N2O18P/c1-8-14-20-25-30-33-38-41-47-52-64(92-71(84)56-50-44-36-28-23-17-11-4)58-68(81)78-63(7)62-91-76-74(79-69(82)59-65(93-70(83)55-46-19-13-6)53-48-42-39-34-31-26-21-15-9-2)77(87,75(67(61-80)95-76)97-98(88,89)90)96-73(86)60-66(54-49-43-40-35-32-27-22-16-10-3)94-72(85)57-51-45-37-29-24-18-12-5/h63-67,74-76,80,87H,8-62H2,1-7H3,(H,78,81)(H,79,82)(H2,88,89,90)/t63-,64-,65-,66-,67-,74-,75-,76+,77-/m1/s1. The minimum absolute atomic E-state index is 0.113. The van der Waals surface area contributed by atoms with E-state index in [1.165, 1.54) is 70.6 Å². The van der Waals surface area contributed by atoms with Gasteiger partial charge in [-0.05, 0) is 64.7 Å². The van der Waals surface area contributed by atoms with Gasteiger partial charge in [0.25, 0.3) is 5.79 Å². The summed E-state index contributed by atoms with van der Waals surface area (Å²) in [6.45, 7) is 13.0. The number of hydrogen-bond acceptors (Lipinski definition) is 16. The first-order chi connectivity index (χ1) is 47.3. The SMILES string of the molecule is CCCCCCCCCCC[C@H](CC(=O)N[C@H](C)CO[C@H]1O[C@H](CO)[C@@H](OP(=O)(O)O)[C@](O)(OC(=O)C[C@@H](CCCCCCCCCCC)OC(=O)CCCCCCCCC)[C@@H]1NC(=O)C[C@@H](CCCCCCCCCCC)OC(=O)CCCCC)OC(=O)CCCCCCCCC. The topological polar surface area (TPSA) is 289 Å². The number of ether oxygens (including phenoxy) is 6. The molecule has 0 spiro atoms. The van der Waals surface area contributed by atoms with Crippen LogP contribution < -0.4 is 10.6 Å². The highest BCUT2D eigenvalue weighted by molar-refractivity contribution is 7.46. The van der Waals surface area contributed by atoms with E-state index in [0.717, 1.165) is 180 Å². The highest BCUT2D eigenvalue weighted by Crippen LogP contribution is 2.45. The van der Waals surface area contributed by atoms with Crippen molar-refractivity contribution in [1.29, 1.82) is 0 Å². The zero-order valence-electron chi connectivity index (χ0n) is 63.0. The molecule has 98 heavy (non-hydrogen) atoms. The zero-order chi connectivity index (χ0) is 72.3. The number of nitrogens with one attached hydrogen (secondary N) is 2. The molecule has 21 heteroatoms. The van der Waals surface area contributed by atoms with Crippen molar-refractivity contribution in [3.05, 3.63) is 0 Å². The third-order valence-corrected chi connectivity index (χ3v) is 19.2. The maximum atomic E-state index is 14.7. The normalized spacial score (nSPS) is 18.4. The van der Waals surface area contributed by atoms with E-state index in [4.69, 9.17) is 32.9 Å². The lowest BCUT2D eigenvalue weighted by molar-refractivity contribution is -0.356. The summed E-state index contributed by atoms with van der Waals surface area (Å²) >= 11 is 0. The maximum absolute atomic E-state index is 14.7. The molecule has 1 fully saturated rings. The van der Waals surface area contributed by atoms with Gasteiger partial charge in [-0.1, -0.05) is 286 Å². The molecule has 0 aromatic heterocycles. The number of phosphoric acid groups is 1. The lowest BCUT2D eigenvalue weighted by Gasteiger charge is -2.50. The Labute approximate surface area is 594 Å². The Morgan fingerprint density at radius 1 is 0.439 bits per heavy atom. The second-order valence-corrected chi connectivity index (χ2v) is 29.5. The molecule has 1 rings (SSSR count). The molecule has 0 aromatic carbocycles. The number of carbonyl (C=O) groups excluding carboxylic acids is 6. The lowest BCUT2D eigenvalue weighted by Crippen LogP contribution is -2.74. The fraction of sp³-hybridized carbons (Fsp3) is 0.922. The van der Waals surface area contributed by atoms with Gasteiger partial charge in [-0.3, -0.25) is 33.3 Å². The molecule has 1 saturated heterocycles. The van der Waals surface area contributed by atoms with Crippen LogP contribution in [0.25, 0.3) is 0 Å². The highest BCUT2D eigenvalue weighted by atomic mass is 31.2. The molecular weight excluding hydrogens is 1270 g/mol. The number of amides is 2. The zero-order valence-corrected chi connectivity index (χ0v) is 63.9. The molecular formula is C77H145N2O18P. The van der Waals surface area contributed by atoms with E-state index in [9.17, 15) is 53.3 Å². The Hall–Kier alpha value is -3.23. The summed E-state index contributed by atoms with van der Waals surface area (Å²) < 4.78 is 54.5. The summed E-state index contributed by atoms with van der Waals surface area (Å²) in [5, 5.41) is 29.6. The summed E-state index contributed by atoms with van der Waals surface area (Å²) in [6.07, 6.45) is 36.0. The number of aliphatic hydroxyl groups is 2. The van der Waals surface area contributed by atoms with Gasteiger partial charge in [0, 0.05) is 25.3 Å². The number of unbranched alkanes of at least 4 members (excludes halogenated alkanes) is 38. The number of hydrogen-bond donors (Lipinski definition) is 6. The number of rotatable bonds is 68. The van der Waals surface area contributed by atoms with Crippen molar-refractivity contribution in [2.75, 3.05) is 13.2 Å². The van der Waals surface area contributed by atoms with E-state index in [-0.39, 0.29) is 38.1 Å². The average Bonchev–Trinajstić information content (AvgIpc) is 0.749. The molecule has 0 radical (unpaired) electrons. The van der Waals surface area contributed by atoms with Crippen LogP contribution in [0.2, 0.25) is 0 Å². The fourth-order valence-electron chi connectivity index (χ4n) is 12.9. The largest absolute Gasteiger partial charge is 0.470 e. The van der Waals surface area contributed by atoms with Crippen molar-refractivity contribution in [1.82, 2.24) is 10.6 Å². The second kappa shape index (κ2) is 61.3. The molecule has 20 nitrogen and oxygen atoms in total. The van der Waals surface area contributed by atoms with Gasteiger partial charge in [-0.15, -0.1) is 0 Å². The predicted molar refractivity (Wildman–Crippen MR) is 388 cm³/mol. The van der Waals surface area contributed by atoms with Crippen LogP contribution in [0.5, 0.6) is 0 Å². The smallest absolute Gasteiger partial charge is 0.462 e. The molecule has 0 saturated carbocycles. The van der Waals surface area contributed by atoms with E-state index >= 15 is 0 Å². The Kier molecular flexibility index (Phi) is 58.0. The predicted octanol–water partition coefficient (Wildman–Crippen LogP) is 17.9. The van der Waals surface area contributed by atoms with Gasteiger partial charge in [0.1, 0.15) is 30.5 Å². The molecule has 1 aliphatic rings. The van der Waals surface area contributed by atoms with E-state index in [2.05, 4.69) is 45.3 Å². The average molecular weight is 1420 g/mol. The molecule has 0 bridgehead atoms. The molecule has 1 aliphatic heterocycles. The Balaban J connectivity index is 3.77. The van der Waals surface area contributed by atoms with Crippen LogP contribution in [0.4, 0.5) is 0 Å². The third-order valence-electron chi connectivity index (χ3n) is 18.7. The van der Waals surface area contributed by atoms with Gasteiger partial charge >= 0.3 is 31.7 Å². The minimum atomic E-state index is -5.67. The first kappa shape index (κ1) is 92.8. The fourth-order valence-corrected chi connectivity index (χ4v) is 13.4. The summed E-state index contributed by atoms with van der Waals surface area (Å²) in [7, 11) is -5.67. The first-order valence-corrected chi connectivity index (χ1v) is 41.5. The quantitative estimate of drug-likeness (QED) is 0.0108. The van der Waals surface area contributed by atoms with Gasteiger partial charge in [0.15, 0.2) is 12.4 Å².